The number of halogens is 5. The summed E-state index contributed by atoms with van der Waals surface area (Å²) in [5.41, 5.74) is -0.251. The first-order valence-corrected chi connectivity index (χ1v) is 14.0. The fraction of sp³-hybridized carbons (Fsp3) is 0.222. The van der Waals surface area contributed by atoms with Crippen LogP contribution in [0.15, 0.2) is 71.6 Å². The van der Waals surface area contributed by atoms with Crippen LogP contribution in [0.2, 0.25) is 10.0 Å². The fourth-order valence-corrected chi connectivity index (χ4v) is 6.72. The highest BCUT2D eigenvalue weighted by Crippen LogP contribution is 2.36. The highest BCUT2D eigenvalue weighted by Gasteiger charge is 2.32. The number of ether oxygens (including phenoxy) is 1. The van der Waals surface area contributed by atoms with Gasteiger partial charge in [-0.25, -0.2) is 12.4 Å². The summed E-state index contributed by atoms with van der Waals surface area (Å²) in [7, 11) is -4.23. The zero-order chi connectivity index (χ0) is 27.9. The van der Waals surface area contributed by atoms with E-state index in [2.05, 4.69) is 0 Å². The Hall–Kier alpha value is -3.05. The largest absolute Gasteiger partial charge is 0.416 e. The van der Waals surface area contributed by atoms with Crippen molar-refractivity contribution in [3.63, 3.8) is 0 Å². The molecule has 1 aliphatic rings. The van der Waals surface area contributed by atoms with Crippen LogP contribution in [0.25, 0.3) is 10.9 Å². The molecule has 1 aromatic heterocycles. The molecule has 5 rings (SSSR count). The second-order valence-electron chi connectivity index (χ2n) is 8.96. The lowest BCUT2D eigenvalue weighted by molar-refractivity contribution is -0.137. The molecule has 0 radical (unpaired) electrons. The minimum absolute atomic E-state index is 0.0444. The van der Waals surface area contributed by atoms with Gasteiger partial charge in [-0.2, -0.15) is 13.2 Å². The smallest absolute Gasteiger partial charge is 0.378 e. The number of nitrogens with zero attached hydrogens (tertiary/aromatic N) is 2. The number of amides is 1. The molecule has 0 aliphatic carbocycles. The predicted molar refractivity (Wildman–Crippen MR) is 142 cm³/mol. The lowest BCUT2D eigenvalue weighted by atomic mass is 10.0. The maximum absolute atomic E-state index is 13.8. The first-order chi connectivity index (χ1) is 18.5. The van der Waals surface area contributed by atoms with Crippen molar-refractivity contribution in [2.75, 3.05) is 26.3 Å². The Morgan fingerprint density at radius 1 is 0.949 bits per heavy atom. The van der Waals surface area contributed by atoms with Crippen molar-refractivity contribution >= 4 is 50.0 Å². The Bertz CT molecular complexity index is 1670. The third-order valence-electron chi connectivity index (χ3n) is 6.51. The number of carbonyl (C=O) groups excluding carboxylic acids is 1. The molecule has 204 valence electrons. The van der Waals surface area contributed by atoms with E-state index in [1.54, 1.807) is 23.1 Å². The molecular formula is C27H21Cl2F3N2O4S. The van der Waals surface area contributed by atoms with Crippen molar-refractivity contribution in [3.05, 3.63) is 99.2 Å². The molecule has 12 heteroatoms. The third-order valence-corrected chi connectivity index (χ3v) is 9.08. The van der Waals surface area contributed by atoms with Crippen LogP contribution < -0.4 is 0 Å². The molecule has 2 heterocycles. The molecule has 1 fully saturated rings. The van der Waals surface area contributed by atoms with E-state index in [0.29, 0.717) is 26.3 Å². The third kappa shape index (κ3) is 5.26. The lowest BCUT2D eigenvalue weighted by Gasteiger charge is -2.27. The molecule has 1 amide bonds. The zero-order valence-corrected chi connectivity index (χ0v) is 22.5. The summed E-state index contributed by atoms with van der Waals surface area (Å²) in [6, 6.07) is 14.8. The molecule has 0 spiro atoms. The maximum Gasteiger partial charge on any atom is 0.416 e. The normalized spacial score (nSPS) is 14.6. The van der Waals surface area contributed by atoms with Gasteiger partial charge in [0.05, 0.1) is 39.8 Å². The Labute approximate surface area is 232 Å². The predicted octanol–water partition coefficient (Wildman–Crippen LogP) is 6.27. The minimum Gasteiger partial charge on any atom is -0.378 e. The number of alkyl halides is 3. The monoisotopic (exact) mass is 596 g/mol. The van der Waals surface area contributed by atoms with E-state index in [1.807, 2.05) is 0 Å². The average molecular weight is 597 g/mol. The second kappa shape index (κ2) is 10.5. The minimum atomic E-state index is -4.62. The maximum atomic E-state index is 13.8. The number of hydrogen-bond acceptors (Lipinski definition) is 4. The number of aromatic nitrogens is 1. The van der Waals surface area contributed by atoms with E-state index in [4.69, 9.17) is 27.9 Å². The van der Waals surface area contributed by atoms with Gasteiger partial charge >= 0.3 is 6.18 Å². The van der Waals surface area contributed by atoms with Gasteiger partial charge in [-0.1, -0.05) is 41.4 Å². The standard InChI is InChI=1S/C27H21Cl2F3N2O4S/c28-23-8-7-21(26(35)33-10-12-38-13-11-33)25(29)22(23)16-19-15-17-14-18(27(30,31)32)6-9-24(17)34(19)39(36,37)20-4-2-1-3-5-20/h1-9,14-15H,10-13,16H2. The number of rotatable bonds is 5. The van der Waals surface area contributed by atoms with Crippen LogP contribution in [0.4, 0.5) is 13.2 Å². The summed E-state index contributed by atoms with van der Waals surface area (Å²) in [6.07, 6.45) is -4.78. The molecule has 0 N–H and O–H groups in total. The summed E-state index contributed by atoms with van der Waals surface area (Å²) in [5.74, 6) is -0.325. The average Bonchev–Trinajstić information content (AvgIpc) is 3.29. The van der Waals surface area contributed by atoms with Crippen LogP contribution in [0, 0.1) is 0 Å². The number of morpholine rings is 1. The molecule has 0 saturated carbocycles. The van der Waals surface area contributed by atoms with Gasteiger partial charge in [0.1, 0.15) is 0 Å². The van der Waals surface area contributed by atoms with Crippen molar-refractivity contribution in [2.45, 2.75) is 17.5 Å². The number of benzene rings is 3. The Morgan fingerprint density at radius 3 is 2.31 bits per heavy atom. The molecule has 3 aromatic carbocycles. The van der Waals surface area contributed by atoms with Crippen LogP contribution in [0.3, 0.4) is 0 Å². The van der Waals surface area contributed by atoms with Gasteiger partial charge in [-0.05, 0) is 54.1 Å². The number of hydrogen-bond donors (Lipinski definition) is 0. The summed E-state index contributed by atoms with van der Waals surface area (Å²) < 4.78 is 74.1. The molecule has 1 saturated heterocycles. The number of fused-ring (bicyclic) bond motifs is 1. The van der Waals surface area contributed by atoms with Gasteiger partial charge in [0, 0.05) is 35.6 Å². The van der Waals surface area contributed by atoms with E-state index in [1.165, 1.54) is 30.3 Å². The molecule has 1 aliphatic heterocycles. The first kappa shape index (κ1) is 27.5. The highest BCUT2D eigenvalue weighted by molar-refractivity contribution is 7.90. The van der Waals surface area contributed by atoms with E-state index >= 15 is 0 Å². The topological polar surface area (TPSA) is 68.6 Å². The second-order valence-corrected chi connectivity index (χ2v) is 11.5. The van der Waals surface area contributed by atoms with E-state index in [9.17, 15) is 26.4 Å². The van der Waals surface area contributed by atoms with Gasteiger partial charge in [0.2, 0.25) is 0 Å². The molecule has 4 aromatic rings. The van der Waals surface area contributed by atoms with E-state index in [0.717, 1.165) is 22.2 Å². The Balaban J connectivity index is 1.66. The van der Waals surface area contributed by atoms with Gasteiger partial charge in [-0.3, -0.25) is 4.79 Å². The SMILES string of the molecule is O=C(c1ccc(Cl)c(Cc2cc3cc(C(F)(F)F)ccc3n2S(=O)(=O)c2ccccc2)c1Cl)N1CCOCC1. The van der Waals surface area contributed by atoms with Gasteiger partial charge in [-0.15, -0.1) is 0 Å². The van der Waals surface area contributed by atoms with Crippen molar-refractivity contribution < 1.29 is 31.1 Å². The summed E-state index contributed by atoms with van der Waals surface area (Å²) in [6.45, 7) is 1.55. The highest BCUT2D eigenvalue weighted by atomic mass is 35.5. The van der Waals surface area contributed by atoms with E-state index < -0.39 is 21.8 Å². The van der Waals surface area contributed by atoms with Crippen LogP contribution in [0.1, 0.15) is 27.2 Å². The quantitative estimate of drug-likeness (QED) is 0.272. The van der Waals surface area contributed by atoms with Crippen LogP contribution in [-0.4, -0.2) is 49.5 Å². The van der Waals surface area contributed by atoms with Crippen molar-refractivity contribution in [1.82, 2.24) is 8.87 Å². The first-order valence-electron chi connectivity index (χ1n) is 11.8. The molecular weight excluding hydrogens is 576 g/mol. The molecule has 6 nitrogen and oxygen atoms in total. The van der Waals surface area contributed by atoms with Gasteiger partial charge in [0.25, 0.3) is 15.9 Å². The lowest BCUT2D eigenvalue weighted by Crippen LogP contribution is -2.40. The van der Waals surface area contributed by atoms with Crippen LogP contribution in [-0.2, 0) is 27.4 Å². The molecule has 39 heavy (non-hydrogen) atoms. The van der Waals surface area contributed by atoms with E-state index in [-0.39, 0.29) is 55.0 Å². The van der Waals surface area contributed by atoms with Crippen LogP contribution in [0.5, 0.6) is 0 Å². The fourth-order valence-electron chi connectivity index (χ4n) is 4.57. The number of carbonyl (C=O) groups is 1. The summed E-state index contributed by atoms with van der Waals surface area (Å²) >= 11 is 13.1. The summed E-state index contributed by atoms with van der Waals surface area (Å²) in [5, 5.41) is 0.305. The molecule has 0 unspecified atom stereocenters. The van der Waals surface area contributed by atoms with Gasteiger partial charge < -0.3 is 9.64 Å². The van der Waals surface area contributed by atoms with Gasteiger partial charge in [0.15, 0.2) is 0 Å². The Kier molecular flexibility index (Phi) is 7.41. The Morgan fingerprint density at radius 2 is 1.64 bits per heavy atom. The van der Waals surface area contributed by atoms with Crippen molar-refractivity contribution in [1.29, 1.82) is 0 Å². The van der Waals surface area contributed by atoms with Crippen LogP contribution >= 0.6 is 23.2 Å². The summed E-state index contributed by atoms with van der Waals surface area (Å²) in [4.78, 5) is 14.7. The molecule has 0 bridgehead atoms. The molecule has 0 atom stereocenters. The van der Waals surface area contributed by atoms with Crippen molar-refractivity contribution in [2.24, 2.45) is 0 Å². The zero-order valence-electron chi connectivity index (χ0n) is 20.2. The van der Waals surface area contributed by atoms with Crippen molar-refractivity contribution in [3.8, 4) is 0 Å².